The fraction of sp³-hybridized carbons (Fsp3) is 0.100. The number of carbonyl (C=O) groups excluding carboxylic acids is 3. The molecule has 0 unspecified atom stereocenters. The fourth-order valence-corrected chi connectivity index (χ4v) is 1.09. The van der Waals surface area contributed by atoms with Gasteiger partial charge in [0.2, 0.25) is 5.91 Å². The van der Waals surface area contributed by atoms with E-state index in [1.54, 1.807) is 12.1 Å². The molecule has 0 heterocycles. The second-order valence-electron chi connectivity index (χ2n) is 2.79. The van der Waals surface area contributed by atoms with E-state index < -0.39 is 11.8 Å². The summed E-state index contributed by atoms with van der Waals surface area (Å²) in [5.41, 5.74) is 5.82. The van der Waals surface area contributed by atoms with Crippen molar-refractivity contribution in [3.05, 3.63) is 35.4 Å². The molecule has 2 N–H and O–H groups in total. The van der Waals surface area contributed by atoms with Crippen LogP contribution in [0.3, 0.4) is 0 Å². The zero-order valence-corrected chi connectivity index (χ0v) is 7.34. The zero-order valence-electron chi connectivity index (χ0n) is 7.34. The normalized spacial score (nSPS) is 9.79. The van der Waals surface area contributed by atoms with E-state index in [0.29, 0.717) is 18.1 Å². The minimum Gasteiger partial charge on any atom is -0.366 e. The van der Waals surface area contributed by atoms with Crippen LogP contribution < -0.4 is 5.73 Å². The molecule has 0 aliphatic carbocycles. The van der Waals surface area contributed by atoms with Crippen molar-refractivity contribution >= 4 is 18.5 Å². The predicted octanol–water partition coefficient (Wildman–Crippen LogP) is 0.267. The molecule has 0 saturated carbocycles. The van der Waals surface area contributed by atoms with E-state index in [1.807, 2.05) is 0 Å². The van der Waals surface area contributed by atoms with Crippen LogP contribution in [-0.4, -0.2) is 18.5 Å². The molecule has 14 heavy (non-hydrogen) atoms. The molecule has 0 radical (unpaired) electrons. The summed E-state index contributed by atoms with van der Waals surface area (Å²) in [7, 11) is 0. The van der Waals surface area contributed by atoms with Crippen molar-refractivity contribution in [3.63, 3.8) is 0 Å². The Hall–Kier alpha value is -1.97. The first-order valence-corrected chi connectivity index (χ1v) is 3.99. The highest BCUT2D eigenvalue weighted by Crippen LogP contribution is 2.12. The van der Waals surface area contributed by atoms with Crippen LogP contribution in [0.15, 0.2) is 24.3 Å². The molecule has 0 saturated heterocycles. The molecule has 0 atom stereocenters. The number of hydrogen-bond acceptors (Lipinski definition) is 3. The van der Waals surface area contributed by atoms with Gasteiger partial charge in [-0.05, 0) is 17.7 Å². The van der Waals surface area contributed by atoms with Gasteiger partial charge in [0.25, 0.3) is 0 Å². The number of benzene rings is 1. The Morgan fingerprint density at radius 1 is 1.29 bits per heavy atom. The van der Waals surface area contributed by atoms with Crippen LogP contribution >= 0.6 is 0 Å². The number of rotatable bonds is 4. The van der Waals surface area contributed by atoms with E-state index in [4.69, 9.17) is 5.73 Å². The molecule has 0 fully saturated rings. The molecule has 4 nitrogen and oxygen atoms in total. The van der Waals surface area contributed by atoms with Crippen LogP contribution in [-0.2, 0) is 9.59 Å². The number of aldehydes is 2. The van der Waals surface area contributed by atoms with E-state index in [-0.39, 0.29) is 5.56 Å². The maximum absolute atomic E-state index is 10.8. The van der Waals surface area contributed by atoms with Gasteiger partial charge in [0.05, 0.1) is 5.92 Å². The van der Waals surface area contributed by atoms with Gasteiger partial charge in [0.15, 0.2) is 0 Å². The Morgan fingerprint density at radius 3 is 2.43 bits per heavy atom. The van der Waals surface area contributed by atoms with Gasteiger partial charge in [-0.1, -0.05) is 12.1 Å². The Labute approximate surface area is 80.7 Å². The third kappa shape index (κ3) is 2.04. The third-order valence-electron chi connectivity index (χ3n) is 1.85. The number of amides is 1. The van der Waals surface area contributed by atoms with Crippen LogP contribution in [0.2, 0.25) is 0 Å². The van der Waals surface area contributed by atoms with Crippen molar-refractivity contribution < 1.29 is 14.4 Å². The summed E-state index contributed by atoms with van der Waals surface area (Å²) in [5, 5.41) is 0. The average molecular weight is 191 g/mol. The lowest BCUT2D eigenvalue weighted by atomic mass is 10.00. The van der Waals surface area contributed by atoms with Gasteiger partial charge in [-0.3, -0.25) is 4.79 Å². The monoisotopic (exact) mass is 191 g/mol. The average Bonchev–Trinajstić information content (AvgIpc) is 2.20. The van der Waals surface area contributed by atoms with E-state index in [2.05, 4.69) is 0 Å². The van der Waals surface area contributed by atoms with Gasteiger partial charge in [0, 0.05) is 5.56 Å². The van der Waals surface area contributed by atoms with Gasteiger partial charge in [-0.2, -0.15) is 0 Å². The molecule has 0 spiro atoms. The molecule has 0 bridgehead atoms. The van der Waals surface area contributed by atoms with Gasteiger partial charge in [-0.15, -0.1) is 0 Å². The van der Waals surface area contributed by atoms with E-state index in [9.17, 15) is 14.4 Å². The maximum Gasteiger partial charge on any atom is 0.248 e. The summed E-state index contributed by atoms with van der Waals surface area (Å²) in [6, 6.07) is 6.14. The summed E-state index contributed by atoms with van der Waals surface area (Å²) in [5.74, 6) is -1.41. The molecule has 4 heteroatoms. The molecule has 1 amide bonds. The predicted molar refractivity (Wildman–Crippen MR) is 49.8 cm³/mol. The second-order valence-corrected chi connectivity index (χ2v) is 2.79. The molecular formula is C10H9NO3. The molecule has 1 aromatic carbocycles. The summed E-state index contributed by atoms with van der Waals surface area (Å²) in [4.78, 5) is 31.7. The smallest absolute Gasteiger partial charge is 0.248 e. The molecule has 0 aliphatic heterocycles. The first kappa shape index (κ1) is 10.1. The van der Waals surface area contributed by atoms with Gasteiger partial charge >= 0.3 is 0 Å². The maximum atomic E-state index is 10.8. The van der Waals surface area contributed by atoms with E-state index in [0.717, 1.165) is 0 Å². The largest absolute Gasteiger partial charge is 0.366 e. The standard InChI is InChI=1S/C10H9NO3/c11-10(14)8-3-1-2-7(4-8)9(5-12)6-13/h1-6,9H,(H2,11,14). The second kappa shape index (κ2) is 4.32. The highest BCUT2D eigenvalue weighted by molar-refractivity contribution is 5.94. The Bertz CT molecular complexity index is 365. The van der Waals surface area contributed by atoms with Gasteiger partial charge in [0.1, 0.15) is 12.6 Å². The first-order valence-electron chi connectivity index (χ1n) is 3.99. The zero-order chi connectivity index (χ0) is 10.6. The SMILES string of the molecule is NC(=O)c1cccc(C(C=O)C=O)c1. The van der Waals surface area contributed by atoms with Crippen LogP contribution in [0, 0.1) is 0 Å². The Morgan fingerprint density at radius 2 is 1.93 bits per heavy atom. The number of nitrogens with two attached hydrogens (primary N) is 1. The lowest BCUT2D eigenvalue weighted by Crippen LogP contribution is -2.12. The summed E-state index contributed by atoms with van der Waals surface area (Å²) >= 11 is 0. The lowest BCUT2D eigenvalue weighted by Gasteiger charge is -2.03. The van der Waals surface area contributed by atoms with Crippen molar-refractivity contribution in [1.29, 1.82) is 0 Å². The van der Waals surface area contributed by atoms with Gasteiger partial charge in [-0.25, -0.2) is 0 Å². The van der Waals surface area contributed by atoms with Crippen molar-refractivity contribution in [2.24, 2.45) is 5.73 Å². The Balaban J connectivity index is 3.09. The summed E-state index contributed by atoms with van der Waals surface area (Å²) < 4.78 is 0. The quantitative estimate of drug-likeness (QED) is 0.548. The molecule has 72 valence electrons. The van der Waals surface area contributed by atoms with E-state index >= 15 is 0 Å². The van der Waals surface area contributed by atoms with Gasteiger partial charge < -0.3 is 15.3 Å². The third-order valence-corrected chi connectivity index (χ3v) is 1.85. The Kier molecular flexibility index (Phi) is 3.12. The molecule has 1 rings (SSSR count). The molecule has 0 aliphatic rings. The number of hydrogen-bond donors (Lipinski definition) is 1. The van der Waals surface area contributed by atoms with Crippen molar-refractivity contribution in [1.82, 2.24) is 0 Å². The van der Waals surface area contributed by atoms with Crippen molar-refractivity contribution in [3.8, 4) is 0 Å². The van der Waals surface area contributed by atoms with Crippen molar-refractivity contribution in [2.75, 3.05) is 0 Å². The topological polar surface area (TPSA) is 77.2 Å². The van der Waals surface area contributed by atoms with Crippen LogP contribution in [0.1, 0.15) is 21.8 Å². The lowest BCUT2D eigenvalue weighted by molar-refractivity contribution is -0.116. The van der Waals surface area contributed by atoms with Crippen LogP contribution in [0.5, 0.6) is 0 Å². The highest BCUT2D eigenvalue weighted by Gasteiger charge is 2.10. The number of primary amides is 1. The fourth-order valence-electron chi connectivity index (χ4n) is 1.09. The van der Waals surface area contributed by atoms with Crippen molar-refractivity contribution in [2.45, 2.75) is 5.92 Å². The van der Waals surface area contributed by atoms with E-state index in [1.165, 1.54) is 12.1 Å². The number of carbonyl (C=O) groups is 3. The highest BCUT2D eigenvalue weighted by atomic mass is 16.1. The summed E-state index contributed by atoms with van der Waals surface area (Å²) in [6.45, 7) is 0. The van der Waals surface area contributed by atoms with Crippen LogP contribution in [0.4, 0.5) is 0 Å². The first-order chi connectivity index (χ1) is 6.69. The molecular weight excluding hydrogens is 182 g/mol. The molecule has 0 aromatic heterocycles. The van der Waals surface area contributed by atoms with Crippen LogP contribution in [0.25, 0.3) is 0 Å². The summed E-state index contributed by atoms with van der Waals surface area (Å²) in [6.07, 6.45) is 1.04. The minimum absolute atomic E-state index is 0.288. The minimum atomic E-state index is -0.825. The molecule has 1 aromatic rings.